The maximum atomic E-state index is 13.4. The van der Waals surface area contributed by atoms with Crippen LogP contribution in [0.4, 0.5) is 5.69 Å². The van der Waals surface area contributed by atoms with Crippen LogP contribution in [0.3, 0.4) is 0 Å². The Morgan fingerprint density at radius 3 is 1.97 bits per heavy atom. The van der Waals surface area contributed by atoms with Crippen LogP contribution in [0.15, 0.2) is 23.4 Å². The van der Waals surface area contributed by atoms with Crippen molar-refractivity contribution in [2.45, 2.75) is 71.6 Å². The number of sulfonamides is 1. The molecule has 1 N–H and O–H groups in total. The third kappa shape index (κ3) is 4.86. The number of hydrogen-bond acceptors (Lipinski definition) is 5. The van der Waals surface area contributed by atoms with Crippen molar-refractivity contribution in [3.05, 3.63) is 46.5 Å². The molecule has 0 bridgehead atoms. The summed E-state index contributed by atoms with van der Waals surface area (Å²) in [5, 5.41) is 2.88. The fraction of sp³-hybridized carbons (Fsp3) is 0.542. The zero-order chi connectivity index (χ0) is 23.8. The van der Waals surface area contributed by atoms with Gasteiger partial charge in [0.15, 0.2) is 0 Å². The van der Waals surface area contributed by atoms with E-state index in [0.29, 0.717) is 42.3 Å². The third-order valence-corrected chi connectivity index (χ3v) is 8.48. The van der Waals surface area contributed by atoms with Gasteiger partial charge >= 0.3 is 0 Å². The smallest absolute Gasteiger partial charge is 0.243 e. The van der Waals surface area contributed by atoms with Crippen molar-refractivity contribution < 1.29 is 13.2 Å². The summed E-state index contributed by atoms with van der Waals surface area (Å²) >= 11 is 0. The minimum absolute atomic E-state index is 0.118. The van der Waals surface area contributed by atoms with Crippen molar-refractivity contribution in [2.75, 3.05) is 18.4 Å². The molecule has 1 saturated heterocycles. The van der Waals surface area contributed by atoms with Gasteiger partial charge in [0.1, 0.15) is 5.82 Å². The van der Waals surface area contributed by atoms with Gasteiger partial charge in [0.25, 0.3) is 0 Å². The van der Waals surface area contributed by atoms with Gasteiger partial charge in [-0.05, 0) is 62.8 Å². The monoisotopic (exact) mass is 458 g/mol. The minimum atomic E-state index is -3.61. The van der Waals surface area contributed by atoms with Gasteiger partial charge < -0.3 is 5.32 Å². The maximum Gasteiger partial charge on any atom is 0.243 e. The van der Waals surface area contributed by atoms with E-state index < -0.39 is 10.0 Å². The topological polar surface area (TPSA) is 92.3 Å². The molecule has 1 fully saturated rings. The Balaban J connectivity index is 1.68. The molecule has 0 atom stereocenters. The van der Waals surface area contributed by atoms with Gasteiger partial charge in [0.05, 0.1) is 23.0 Å². The molecule has 0 radical (unpaired) electrons. The van der Waals surface area contributed by atoms with E-state index in [1.165, 1.54) is 4.31 Å². The summed E-state index contributed by atoms with van der Waals surface area (Å²) in [6.07, 6.45) is 4.21. The van der Waals surface area contributed by atoms with E-state index in [-0.39, 0.29) is 17.2 Å². The lowest BCUT2D eigenvalue weighted by Crippen LogP contribution is -2.42. The predicted molar refractivity (Wildman–Crippen MR) is 126 cm³/mol. The number of aryl methyl sites for hydroxylation is 2. The molecule has 0 aliphatic carbocycles. The zero-order valence-corrected chi connectivity index (χ0v) is 20.9. The normalized spacial score (nSPS) is 16.2. The van der Waals surface area contributed by atoms with Gasteiger partial charge in [-0.25, -0.2) is 18.4 Å². The van der Waals surface area contributed by atoms with Crippen molar-refractivity contribution in [1.29, 1.82) is 0 Å². The Morgan fingerprint density at radius 1 is 1.00 bits per heavy atom. The molecule has 3 rings (SSSR count). The second kappa shape index (κ2) is 8.90. The largest absolute Gasteiger partial charge is 0.323 e. The van der Waals surface area contributed by atoms with Gasteiger partial charge in [-0.1, -0.05) is 26.8 Å². The highest BCUT2D eigenvalue weighted by molar-refractivity contribution is 7.89. The van der Waals surface area contributed by atoms with Crippen molar-refractivity contribution in [2.24, 2.45) is 5.92 Å². The van der Waals surface area contributed by atoms with E-state index in [9.17, 15) is 13.2 Å². The summed E-state index contributed by atoms with van der Waals surface area (Å²) in [4.78, 5) is 21.8. The number of nitrogens with zero attached hydrogens (tertiary/aromatic N) is 3. The quantitative estimate of drug-likeness (QED) is 0.746. The fourth-order valence-electron chi connectivity index (χ4n) is 4.08. The van der Waals surface area contributed by atoms with E-state index in [2.05, 4.69) is 15.3 Å². The molecule has 2 heterocycles. The van der Waals surface area contributed by atoms with Crippen molar-refractivity contribution in [3.8, 4) is 0 Å². The lowest BCUT2D eigenvalue weighted by Gasteiger charge is -2.31. The summed E-state index contributed by atoms with van der Waals surface area (Å²) in [5.74, 6) is 0.351. The van der Waals surface area contributed by atoms with Gasteiger partial charge in [-0.2, -0.15) is 4.31 Å². The lowest BCUT2D eigenvalue weighted by atomic mass is 9.96. The first-order chi connectivity index (χ1) is 14.8. The van der Waals surface area contributed by atoms with E-state index in [4.69, 9.17) is 0 Å². The summed E-state index contributed by atoms with van der Waals surface area (Å²) in [6, 6.07) is 2.03. The molecule has 1 aliphatic rings. The molecule has 8 heteroatoms. The van der Waals surface area contributed by atoms with E-state index in [0.717, 1.165) is 22.3 Å². The number of amides is 1. The van der Waals surface area contributed by atoms with Crippen LogP contribution < -0.4 is 5.32 Å². The third-order valence-electron chi connectivity index (χ3n) is 6.31. The van der Waals surface area contributed by atoms with Gasteiger partial charge in [-0.15, -0.1) is 0 Å². The van der Waals surface area contributed by atoms with Crippen LogP contribution >= 0.6 is 0 Å². The predicted octanol–water partition coefficient (Wildman–Crippen LogP) is 4.05. The molecule has 7 nitrogen and oxygen atoms in total. The number of nitrogens with one attached hydrogen (secondary N) is 1. The number of aromatic nitrogens is 2. The van der Waals surface area contributed by atoms with Gasteiger partial charge in [0, 0.05) is 24.4 Å². The van der Waals surface area contributed by atoms with Crippen molar-refractivity contribution in [3.63, 3.8) is 0 Å². The molecule has 0 spiro atoms. The number of carbonyl (C=O) groups excluding carboxylic acids is 1. The van der Waals surface area contributed by atoms with E-state index in [1.54, 1.807) is 12.4 Å². The fourth-order valence-corrected chi connectivity index (χ4v) is 6.12. The summed E-state index contributed by atoms with van der Waals surface area (Å²) in [7, 11) is -3.61. The Morgan fingerprint density at radius 2 is 1.50 bits per heavy atom. The van der Waals surface area contributed by atoms with Crippen LogP contribution in [0.2, 0.25) is 0 Å². The molecule has 2 aromatic rings. The molecular formula is C24H34N4O3S. The van der Waals surface area contributed by atoms with Gasteiger partial charge in [0.2, 0.25) is 15.9 Å². The molecule has 0 unspecified atom stereocenters. The molecule has 174 valence electrons. The SMILES string of the molecule is Cc1cc(C)c(C)c(S(=O)(=O)N2CCC(C(=O)Nc3cnc(C(C)(C)C)nc3)CC2)c1C. The van der Waals surface area contributed by atoms with Crippen LogP contribution in [-0.2, 0) is 20.2 Å². The molecule has 1 aromatic heterocycles. The zero-order valence-electron chi connectivity index (χ0n) is 20.1. The van der Waals surface area contributed by atoms with Crippen molar-refractivity contribution >= 4 is 21.6 Å². The average molecular weight is 459 g/mol. The highest BCUT2D eigenvalue weighted by Gasteiger charge is 2.34. The second-order valence-electron chi connectivity index (χ2n) is 9.80. The summed E-state index contributed by atoms with van der Waals surface area (Å²) in [6.45, 7) is 14.3. The first-order valence-corrected chi connectivity index (χ1v) is 12.5. The number of piperidine rings is 1. The van der Waals surface area contributed by atoms with Crippen LogP contribution in [0.1, 0.15) is 61.7 Å². The molecule has 1 aromatic carbocycles. The number of rotatable bonds is 4. The lowest BCUT2D eigenvalue weighted by molar-refractivity contribution is -0.120. The van der Waals surface area contributed by atoms with Crippen LogP contribution in [-0.4, -0.2) is 41.7 Å². The first-order valence-electron chi connectivity index (χ1n) is 11.0. The molecule has 1 aliphatic heterocycles. The average Bonchev–Trinajstić information content (AvgIpc) is 2.72. The Bertz CT molecular complexity index is 1090. The highest BCUT2D eigenvalue weighted by Crippen LogP contribution is 2.31. The molecule has 32 heavy (non-hydrogen) atoms. The number of carbonyl (C=O) groups is 1. The second-order valence-corrected chi connectivity index (χ2v) is 11.7. The highest BCUT2D eigenvalue weighted by atomic mass is 32.2. The Kier molecular flexibility index (Phi) is 6.77. The van der Waals surface area contributed by atoms with Gasteiger partial charge in [-0.3, -0.25) is 4.79 Å². The Hall–Kier alpha value is -2.32. The number of benzene rings is 1. The van der Waals surface area contributed by atoms with Crippen LogP contribution in [0, 0.1) is 33.6 Å². The number of anilines is 1. The summed E-state index contributed by atoms with van der Waals surface area (Å²) < 4.78 is 28.4. The molecular weight excluding hydrogens is 424 g/mol. The number of hydrogen-bond donors (Lipinski definition) is 1. The van der Waals surface area contributed by atoms with E-state index >= 15 is 0 Å². The molecule has 1 amide bonds. The summed E-state index contributed by atoms with van der Waals surface area (Å²) in [5.41, 5.74) is 3.94. The Labute approximate surface area is 191 Å². The standard InChI is InChI=1S/C24H34N4O3S/c1-15-12-16(2)18(4)21(17(15)3)32(30,31)28-10-8-19(9-11-28)22(29)27-20-13-25-23(26-14-20)24(5,6)7/h12-14,19H,8-11H2,1-7H3,(H,27,29). The maximum absolute atomic E-state index is 13.4. The first kappa shape index (κ1) is 24.3. The van der Waals surface area contributed by atoms with Crippen LogP contribution in [0.5, 0.6) is 0 Å². The minimum Gasteiger partial charge on any atom is -0.323 e. The molecule has 0 saturated carbocycles. The van der Waals surface area contributed by atoms with Crippen molar-refractivity contribution in [1.82, 2.24) is 14.3 Å². The van der Waals surface area contributed by atoms with Crippen LogP contribution in [0.25, 0.3) is 0 Å². The van der Waals surface area contributed by atoms with E-state index in [1.807, 2.05) is 54.5 Å².